The number of benzene rings is 2. The molecule has 0 radical (unpaired) electrons. The summed E-state index contributed by atoms with van der Waals surface area (Å²) in [7, 11) is -2.49. The Hall–Kier alpha value is -1.89. The van der Waals surface area contributed by atoms with Crippen LogP contribution in [0.3, 0.4) is 0 Å². The molecular formula is C18H21ClN2O3S. The maximum Gasteiger partial charge on any atom is 0.244 e. The zero-order valence-corrected chi connectivity index (χ0v) is 16.2. The monoisotopic (exact) mass is 380 g/mol. The maximum absolute atomic E-state index is 12.6. The predicted molar refractivity (Wildman–Crippen MR) is 101 cm³/mol. The van der Waals surface area contributed by atoms with Crippen LogP contribution in [0.2, 0.25) is 5.02 Å². The Morgan fingerprint density at radius 1 is 1.12 bits per heavy atom. The molecule has 0 aliphatic heterocycles. The third kappa shape index (κ3) is 4.39. The van der Waals surface area contributed by atoms with Crippen LogP contribution in [0.25, 0.3) is 0 Å². The van der Waals surface area contributed by atoms with Crippen LogP contribution in [-0.2, 0) is 14.8 Å². The molecule has 0 atom stereocenters. The lowest BCUT2D eigenvalue weighted by molar-refractivity contribution is -0.116. The van der Waals surface area contributed by atoms with Gasteiger partial charge in [-0.2, -0.15) is 4.31 Å². The van der Waals surface area contributed by atoms with Gasteiger partial charge < -0.3 is 5.32 Å². The second kappa shape index (κ2) is 7.56. The first-order chi connectivity index (χ1) is 11.6. The number of anilines is 1. The number of carbonyl (C=O) groups excluding carboxylic acids is 1. The van der Waals surface area contributed by atoms with Crippen molar-refractivity contribution in [1.82, 2.24) is 4.31 Å². The molecule has 2 rings (SSSR count). The van der Waals surface area contributed by atoms with Gasteiger partial charge in [-0.05, 0) is 44.0 Å². The number of likely N-dealkylation sites (N-methyl/N-ethyl adjacent to an activating group) is 1. The fourth-order valence-electron chi connectivity index (χ4n) is 2.67. The Kier molecular flexibility index (Phi) is 5.87. The molecule has 0 fully saturated rings. The normalized spacial score (nSPS) is 11.6. The van der Waals surface area contributed by atoms with Gasteiger partial charge in [-0.25, -0.2) is 8.42 Å². The Balaban J connectivity index is 2.17. The van der Waals surface area contributed by atoms with E-state index in [1.54, 1.807) is 12.1 Å². The predicted octanol–water partition coefficient (Wildman–Crippen LogP) is 3.52. The second-order valence-electron chi connectivity index (χ2n) is 6.01. The quantitative estimate of drug-likeness (QED) is 0.862. The molecule has 0 saturated carbocycles. The summed E-state index contributed by atoms with van der Waals surface area (Å²) in [6.07, 6.45) is 0. The van der Waals surface area contributed by atoms with Crippen LogP contribution < -0.4 is 5.32 Å². The lowest BCUT2D eigenvalue weighted by Gasteiger charge is -2.19. The summed E-state index contributed by atoms with van der Waals surface area (Å²) in [6, 6.07) is 10.1. The molecule has 0 aliphatic carbocycles. The highest BCUT2D eigenvalue weighted by molar-refractivity contribution is 7.89. The Morgan fingerprint density at radius 3 is 2.24 bits per heavy atom. The van der Waals surface area contributed by atoms with E-state index in [9.17, 15) is 13.2 Å². The number of nitrogens with one attached hydrogen (secondary N) is 1. The summed E-state index contributed by atoms with van der Waals surface area (Å²) in [5, 5.41) is 2.92. The van der Waals surface area contributed by atoms with Crippen LogP contribution in [0.4, 0.5) is 5.69 Å². The molecule has 2 aromatic rings. The summed E-state index contributed by atoms with van der Waals surface area (Å²) < 4.78 is 26.2. The van der Waals surface area contributed by atoms with Crippen molar-refractivity contribution in [2.24, 2.45) is 0 Å². The fraction of sp³-hybridized carbons (Fsp3) is 0.278. The second-order valence-corrected chi connectivity index (χ2v) is 8.43. The number of hydrogen-bond acceptors (Lipinski definition) is 3. The molecule has 5 nitrogen and oxygen atoms in total. The zero-order valence-electron chi connectivity index (χ0n) is 14.6. The van der Waals surface area contributed by atoms with Gasteiger partial charge in [-0.1, -0.05) is 41.4 Å². The smallest absolute Gasteiger partial charge is 0.244 e. The van der Waals surface area contributed by atoms with E-state index >= 15 is 0 Å². The number of rotatable bonds is 5. The van der Waals surface area contributed by atoms with Crippen LogP contribution in [0, 0.1) is 20.8 Å². The number of sulfonamides is 1. The van der Waals surface area contributed by atoms with Crippen molar-refractivity contribution in [2.75, 3.05) is 18.9 Å². The van der Waals surface area contributed by atoms with Crippen molar-refractivity contribution in [1.29, 1.82) is 0 Å². The lowest BCUT2D eigenvalue weighted by Crippen LogP contribution is -2.35. The number of hydrogen-bond donors (Lipinski definition) is 1. The minimum Gasteiger partial charge on any atom is -0.324 e. The van der Waals surface area contributed by atoms with E-state index in [2.05, 4.69) is 5.32 Å². The van der Waals surface area contributed by atoms with Crippen LogP contribution in [0.5, 0.6) is 0 Å². The molecule has 1 N–H and O–H groups in total. The third-order valence-electron chi connectivity index (χ3n) is 3.83. The maximum atomic E-state index is 12.6. The van der Waals surface area contributed by atoms with Crippen molar-refractivity contribution >= 4 is 33.2 Å². The first kappa shape index (κ1) is 19.4. The number of aryl methyl sites for hydroxylation is 3. The standard InChI is InChI=1S/C18H21ClN2O3S/c1-12-9-13(2)18(14(3)10-12)20-17(22)11-21(4)25(23,24)16-8-6-5-7-15(16)19/h5-10H,11H2,1-4H3,(H,20,22). The molecule has 2 aromatic carbocycles. The average Bonchev–Trinajstić information content (AvgIpc) is 2.51. The molecule has 0 aliphatic rings. The van der Waals surface area contributed by atoms with Crippen LogP contribution in [0.15, 0.2) is 41.3 Å². The highest BCUT2D eigenvalue weighted by atomic mass is 35.5. The molecule has 0 bridgehead atoms. The number of halogens is 1. The van der Waals surface area contributed by atoms with Gasteiger partial charge in [-0.15, -0.1) is 0 Å². The number of carbonyl (C=O) groups is 1. The molecule has 1 amide bonds. The van der Waals surface area contributed by atoms with E-state index in [1.807, 2.05) is 32.9 Å². The van der Waals surface area contributed by atoms with E-state index in [0.717, 1.165) is 21.0 Å². The molecule has 7 heteroatoms. The van der Waals surface area contributed by atoms with E-state index in [4.69, 9.17) is 11.6 Å². The van der Waals surface area contributed by atoms with Crippen molar-refractivity contribution in [2.45, 2.75) is 25.7 Å². The molecule has 0 aromatic heterocycles. The van der Waals surface area contributed by atoms with Crippen molar-refractivity contribution in [3.05, 3.63) is 58.1 Å². The van der Waals surface area contributed by atoms with Crippen LogP contribution >= 0.6 is 11.6 Å². The molecular weight excluding hydrogens is 360 g/mol. The van der Waals surface area contributed by atoms with E-state index in [0.29, 0.717) is 5.69 Å². The van der Waals surface area contributed by atoms with Crippen LogP contribution in [0.1, 0.15) is 16.7 Å². The molecule has 0 unspecified atom stereocenters. The highest BCUT2D eigenvalue weighted by Crippen LogP contribution is 2.24. The largest absolute Gasteiger partial charge is 0.324 e. The SMILES string of the molecule is Cc1cc(C)c(NC(=O)CN(C)S(=O)(=O)c2ccccc2Cl)c(C)c1. The summed E-state index contributed by atoms with van der Waals surface area (Å²) in [5.41, 5.74) is 3.68. The summed E-state index contributed by atoms with van der Waals surface area (Å²) in [4.78, 5) is 12.3. The van der Waals surface area contributed by atoms with Gasteiger partial charge >= 0.3 is 0 Å². The Morgan fingerprint density at radius 2 is 1.68 bits per heavy atom. The molecule has 0 spiro atoms. The molecule has 0 heterocycles. The van der Waals surface area contributed by atoms with Gasteiger partial charge in [0.2, 0.25) is 15.9 Å². The van der Waals surface area contributed by atoms with Crippen molar-refractivity contribution in [3.8, 4) is 0 Å². The van der Waals surface area contributed by atoms with Gasteiger partial charge in [0, 0.05) is 12.7 Å². The third-order valence-corrected chi connectivity index (χ3v) is 6.14. The zero-order chi connectivity index (χ0) is 18.8. The van der Waals surface area contributed by atoms with Gasteiger partial charge in [0.15, 0.2) is 0 Å². The number of amides is 1. The summed E-state index contributed by atoms with van der Waals surface area (Å²) >= 11 is 5.97. The van der Waals surface area contributed by atoms with Crippen molar-refractivity contribution in [3.63, 3.8) is 0 Å². The Labute approximate surface area is 153 Å². The Bertz CT molecular complexity index is 887. The van der Waals surface area contributed by atoms with Gasteiger partial charge in [0.25, 0.3) is 0 Å². The van der Waals surface area contributed by atoms with E-state index in [1.165, 1.54) is 19.2 Å². The van der Waals surface area contributed by atoms with Gasteiger partial charge in [-0.3, -0.25) is 4.79 Å². The molecule has 25 heavy (non-hydrogen) atoms. The highest BCUT2D eigenvalue weighted by Gasteiger charge is 2.25. The van der Waals surface area contributed by atoms with E-state index < -0.39 is 15.9 Å². The minimum atomic E-state index is -3.84. The van der Waals surface area contributed by atoms with Crippen molar-refractivity contribution < 1.29 is 13.2 Å². The summed E-state index contributed by atoms with van der Waals surface area (Å²) in [5.74, 6) is -0.409. The number of nitrogens with zero attached hydrogens (tertiary/aromatic N) is 1. The first-order valence-electron chi connectivity index (χ1n) is 7.71. The van der Waals surface area contributed by atoms with Crippen LogP contribution in [-0.4, -0.2) is 32.2 Å². The topological polar surface area (TPSA) is 66.5 Å². The lowest BCUT2D eigenvalue weighted by atomic mass is 10.1. The van der Waals surface area contributed by atoms with Gasteiger partial charge in [0.1, 0.15) is 4.90 Å². The first-order valence-corrected chi connectivity index (χ1v) is 9.53. The summed E-state index contributed by atoms with van der Waals surface area (Å²) in [6.45, 7) is 5.48. The minimum absolute atomic E-state index is 0.0188. The molecule has 134 valence electrons. The molecule has 0 saturated heterocycles. The fourth-order valence-corrected chi connectivity index (χ4v) is 4.28. The average molecular weight is 381 g/mol. The van der Waals surface area contributed by atoms with E-state index in [-0.39, 0.29) is 16.5 Å². The van der Waals surface area contributed by atoms with Gasteiger partial charge in [0.05, 0.1) is 11.6 Å².